The molecule has 0 bridgehead atoms. The lowest BCUT2D eigenvalue weighted by molar-refractivity contribution is 0.304. The van der Waals surface area contributed by atoms with E-state index >= 15 is 0 Å². The first-order chi connectivity index (χ1) is 16.7. The van der Waals surface area contributed by atoms with Crippen molar-refractivity contribution in [1.29, 1.82) is 0 Å². The highest BCUT2D eigenvalue weighted by Crippen LogP contribution is 2.37. The maximum absolute atomic E-state index is 5.90. The molecule has 4 rings (SSSR count). The van der Waals surface area contributed by atoms with Gasteiger partial charge in [-0.25, -0.2) is 0 Å². The van der Waals surface area contributed by atoms with Gasteiger partial charge in [0.15, 0.2) is 0 Å². The first-order valence-corrected chi connectivity index (χ1v) is 13.5. The molecular weight excluding hydrogens is 412 g/mol. The van der Waals surface area contributed by atoms with Crippen LogP contribution in [0.1, 0.15) is 101 Å². The minimum Gasteiger partial charge on any atom is -0.494 e. The molecule has 1 nitrogen and oxygen atoms in total. The van der Waals surface area contributed by atoms with Crippen LogP contribution in [0.3, 0.4) is 0 Å². The molecule has 0 spiro atoms. The van der Waals surface area contributed by atoms with Crippen LogP contribution in [-0.4, -0.2) is 6.61 Å². The van der Waals surface area contributed by atoms with Crippen LogP contribution in [0.4, 0.5) is 0 Å². The summed E-state index contributed by atoms with van der Waals surface area (Å²) in [7, 11) is 0. The SMILES string of the molecule is CCCCCOc1ccc2cc(C#Cc3ccc(C4CCC(CCCC)CC4)cc3)ccc2c1. The fourth-order valence-corrected chi connectivity index (χ4v) is 5.19. The lowest BCUT2D eigenvalue weighted by atomic mass is 9.77. The van der Waals surface area contributed by atoms with Gasteiger partial charge in [0.1, 0.15) is 5.75 Å². The molecule has 1 aliphatic carbocycles. The fourth-order valence-electron chi connectivity index (χ4n) is 5.19. The first-order valence-electron chi connectivity index (χ1n) is 13.5. The van der Waals surface area contributed by atoms with Crippen molar-refractivity contribution >= 4 is 10.8 Å². The molecule has 0 aromatic heterocycles. The molecule has 0 heterocycles. The van der Waals surface area contributed by atoms with Gasteiger partial charge in [-0.1, -0.05) is 82.1 Å². The minimum absolute atomic E-state index is 0.737. The lowest BCUT2D eigenvalue weighted by Crippen LogP contribution is -2.13. The van der Waals surface area contributed by atoms with Crippen LogP contribution in [0, 0.1) is 17.8 Å². The molecule has 1 heteroatoms. The Morgan fingerprint density at radius 1 is 0.706 bits per heavy atom. The number of ether oxygens (including phenoxy) is 1. The predicted octanol–water partition coefficient (Wildman–Crippen LogP) is 9.27. The summed E-state index contributed by atoms with van der Waals surface area (Å²) in [4.78, 5) is 0. The van der Waals surface area contributed by atoms with Crippen molar-refractivity contribution in [2.75, 3.05) is 6.61 Å². The van der Waals surface area contributed by atoms with Gasteiger partial charge in [-0.2, -0.15) is 0 Å². The number of fused-ring (bicyclic) bond motifs is 1. The van der Waals surface area contributed by atoms with Crippen LogP contribution in [0.15, 0.2) is 60.7 Å². The maximum atomic E-state index is 5.90. The molecule has 3 aromatic rings. The lowest BCUT2D eigenvalue weighted by Gasteiger charge is -2.28. The largest absolute Gasteiger partial charge is 0.494 e. The van der Waals surface area contributed by atoms with Gasteiger partial charge in [0.2, 0.25) is 0 Å². The Hall–Kier alpha value is -2.72. The summed E-state index contributed by atoms with van der Waals surface area (Å²) < 4.78 is 5.90. The van der Waals surface area contributed by atoms with E-state index in [0.29, 0.717) is 0 Å². The smallest absolute Gasteiger partial charge is 0.119 e. The van der Waals surface area contributed by atoms with E-state index in [0.717, 1.165) is 41.7 Å². The molecule has 178 valence electrons. The Morgan fingerprint density at radius 3 is 2.15 bits per heavy atom. The molecule has 0 aliphatic heterocycles. The van der Waals surface area contributed by atoms with Crippen molar-refractivity contribution < 1.29 is 4.74 Å². The molecule has 0 unspecified atom stereocenters. The zero-order valence-corrected chi connectivity index (χ0v) is 21.1. The second kappa shape index (κ2) is 12.7. The summed E-state index contributed by atoms with van der Waals surface area (Å²) in [5, 5.41) is 2.41. The highest BCUT2D eigenvalue weighted by molar-refractivity contribution is 5.85. The standard InChI is InChI=1S/C33H40O/c1-3-5-7-23-34-33-22-21-31-24-28(15-20-32(31)25-33)10-9-27-13-18-30(19-14-27)29-16-11-26(12-17-29)8-6-4-2/h13-15,18-22,24-26,29H,3-8,11-12,16-17,23H2,1-2H3. The molecule has 0 radical (unpaired) electrons. The number of rotatable bonds is 9. The zero-order valence-electron chi connectivity index (χ0n) is 21.1. The Balaban J connectivity index is 1.34. The van der Waals surface area contributed by atoms with Crippen molar-refractivity contribution in [3.05, 3.63) is 77.4 Å². The maximum Gasteiger partial charge on any atom is 0.119 e. The summed E-state index contributed by atoms with van der Waals surface area (Å²) in [6.45, 7) is 5.31. The van der Waals surface area contributed by atoms with Crippen molar-refractivity contribution in [1.82, 2.24) is 0 Å². The van der Waals surface area contributed by atoms with E-state index in [1.807, 2.05) is 0 Å². The molecule has 0 N–H and O–H groups in total. The van der Waals surface area contributed by atoms with E-state index in [1.165, 1.54) is 74.1 Å². The fraction of sp³-hybridized carbons (Fsp3) is 0.455. The molecule has 3 aromatic carbocycles. The predicted molar refractivity (Wildman–Crippen MR) is 146 cm³/mol. The quantitative estimate of drug-likeness (QED) is 0.232. The van der Waals surface area contributed by atoms with E-state index < -0.39 is 0 Å². The molecule has 0 atom stereocenters. The van der Waals surface area contributed by atoms with Gasteiger partial charge < -0.3 is 4.74 Å². The molecule has 0 saturated heterocycles. The van der Waals surface area contributed by atoms with Gasteiger partial charge in [-0.3, -0.25) is 0 Å². The molecule has 1 aliphatic rings. The third-order valence-corrected chi connectivity index (χ3v) is 7.37. The third-order valence-electron chi connectivity index (χ3n) is 7.37. The summed E-state index contributed by atoms with van der Waals surface area (Å²) in [5.41, 5.74) is 3.65. The van der Waals surface area contributed by atoms with Crippen molar-refractivity contribution in [3.63, 3.8) is 0 Å². The average molecular weight is 453 g/mol. The van der Waals surface area contributed by atoms with E-state index in [1.54, 1.807) is 0 Å². The van der Waals surface area contributed by atoms with Crippen LogP contribution in [0.5, 0.6) is 5.75 Å². The van der Waals surface area contributed by atoms with Crippen LogP contribution in [0.25, 0.3) is 10.8 Å². The van der Waals surface area contributed by atoms with Crippen molar-refractivity contribution in [2.45, 2.75) is 84.0 Å². The summed E-state index contributed by atoms with van der Waals surface area (Å²) in [6, 6.07) is 21.8. The van der Waals surface area contributed by atoms with Gasteiger partial charge in [0, 0.05) is 11.1 Å². The number of hydrogen-bond acceptors (Lipinski definition) is 1. The van der Waals surface area contributed by atoms with E-state index in [4.69, 9.17) is 4.74 Å². The highest BCUT2D eigenvalue weighted by Gasteiger charge is 2.21. The van der Waals surface area contributed by atoms with Crippen molar-refractivity contribution in [2.24, 2.45) is 5.92 Å². The molecule has 1 saturated carbocycles. The van der Waals surface area contributed by atoms with Gasteiger partial charge in [-0.15, -0.1) is 0 Å². The highest BCUT2D eigenvalue weighted by atomic mass is 16.5. The van der Waals surface area contributed by atoms with Gasteiger partial charge in [-0.05, 0) is 96.7 Å². The Labute approximate surface area is 206 Å². The number of unbranched alkanes of at least 4 members (excludes halogenated alkanes) is 3. The normalized spacial score (nSPS) is 17.8. The van der Waals surface area contributed by atoms with Crippen molar-refractivity contribution in [3.8, 4) is 17.6 Å². The zero-order chi connectivity index (χ0) is 23.6. The Bertz CT molecular complexity index is 1090. The van der Waals surface area contributed by atoms with Gasteiger partial charge in [0.25, 0.3) is 0 Å². The summed E-state index contributed by atoms with van der Waals surface area (Å²) >= 11 is 0. The van der Waals surface area contributed by atoms with E-state index in [9.17, 15) is 0 Å². The number of benzene rings is 3. The van der Waals surface area contributed by atoms with Crippen LogP contribution in [-0.2, 0) is 0 Å². The van der Waals surface area contributed by atoms with Crippen LogP contribution >= 0.6 is 0 Å². The first kappa shape index (κ1) is 24.4. The Morgan fingerprint density at radius 2 is 1.38 bits per heavy atom. The average Bonchev–Trinajstić information content (AvgIpc) is 2.89. The van der Waals surface area contributed by atoms with Crippen LogP contribution < -0.4 is 4.74 Å². The van der Waals surface area contributed by atoms with Gasteiger partial charge in [0.05, 0.1) is 6.61 Å². The topological polar surface area (TPSA) is 9.23 Å². The second-order valence-corrected chi connectivity index (χ2v) is 10.0. The Kier molecular flexibility index (Phi) is 9.09. The molecule has 1 fully saturated rings. The number of hydrogen-bond donors (Lipinski definition) is 0. The second-order valence-electron chi connectivity index (χ2n) is 10.0. The summed E-state index contributed by atoms with van der Waals surface area (Å²) in [6.07, 6.45) is 13.2. The minimum atomic E-state index is 0.737. The van der Waals surface area contributed by atoms with Crippen LogP contribution in [0.2, 0.25) is 0 Å². The summed E-state index contributed by atoms with van der Waals surface area (Å²) in [5.74, 6) is 9.38. The van der Waals surface area contributed by atoms with Gasteiger partial charge >= 0.3 is 0 Å². The molecule has 34 heavy (non-hydrogen) atoms. The third kappa shape index (κ3) is 6.89. The van der Waals surface area contributed by atoms with E-state index in [-0.39, 0.29) is 0 Å². The van der Waals surface area contributed by atoms with E-state index in [2.05, 4.69) is 86.4 Å². The molecule has 0 amide bonds. The monoisotopic (exact) mass is 452 g/mol. The molecular formula is C33H40O.